The molecule has 6 heteroatoms. The van der Waals surface area contributed by atoms with Gasteiger partial charge in [0, 0.05) is 24.5 Å². The van der Waals surface area contributed by atoms with Gasteiger partial charge >= 0.3 is 0 Å². The molecule has 0 fully saturated rings. The zero-order valence-electron chi connectivity index (χ0n) is 15.7. The number of anilines is 2. The van der Waals surface area contributed by atoms with Gasteiger partial charge in [-0.2, -0.15) is 0 Å². The lowest BCUT2D eigenvalue weighted by Crippen LogP contribution is -2.22. The fourth-order valence-corrected chi connectivity index (χ4v) is 3.55. The molecule has 5 nitrogen and oxygen atoms in total. The fraction of sp³-hybridized carbons (Fsp3) is 0.400. The van der Waals surface area contributed by atoms with Crippen LogP contribution >= 0.6 is 0 Å². The van der Waals surface area contributed by atoms with E-state index >= 15 is 0 Å². The van der Waals surface area contributed by atoms with Crippen LogP contribution in [-0.2, 0) is 16.4 Å². The zero-order chi connectivity index (χ0) is 19.0. The highest BCUT2D eigenvalue weighted by Crippen LogP contribution is 2.19. The highest BCUT2D eigenvalue weighted by molar-refractivity contribution is 7.92. The molecule has 0 spiro atoms. The van der Waals surface area contributed by atoms with Crippen molar-refractivity contribution < 1.29 is 13.2 Å². The van der Waals surface area contributed by atoms with Crippen molar-refractivity contribution in [1.82, 2.24) is 0 Å². The van der Waals surface area contributed by atoms with Crippen molar-refractivity contribution in [2.45, 2.75) is 27.2 Å². The zero-order valence-corrected chi connectivity index (χ0v) is 16.6. The van der Waals surface area contributed by atoms with Crippen LogP contribution < -0.4 is 14.4 Å². The molecule has 0 aliphatic heterocycles. The Morgan fingerprint density at radius 2 is 1.54 bits per heavy atom. The van der Waals surface area contributed by atoms with Gasteiger partial charge in [-0.1, -0.05) is 19.1 Å². The van der Waals surface area contributed by atoms with Crippen molar-refractivity contribution in [3.05, 3.63) is 54.1 Å². The summed E-state index contributed by atoms with van der Waals surface area (Å²) in [6.07, 6.45) is 0.964. The number of benzene rings is 2. The van der Waals surface area contributed by atoms with Gasteiger partial charge in [0.15, 0.2) is 0 Å². The molecule has 0 atom stereocenters. The van der Waals surface area contributed by atoms with Gasteiger partial charge in [0.05, 0.1) is 0 Å². The van der Waals surface area contributed by atoms with Crippen LogP contribution in [-0.4, -0.2) is 33.9 Å². The van der Waals surface area contributed by atoms with Crippen LogP contribution in [0.1, 0.15) is 26.3 Å². The van der Waals surface area contributed by atoms with E-state index in [4.69, 9.17) is 4.74 Å². The Hall–Kier alpha value is -2.21. The molecule has 0 saturated carbocycles. The van der Waals surface area contributed by atoms with Gasteiger partial charge in [0.1, 0.15) is 18.1 Å². The van der Waals surface area contributed by atoms with Crippen LogP contribution in [0.5, 0.6) is 5.75 Å². The Morgan fingerprint density at radius 1 is 0.923 bits per heavy atom. The van der Waals surface area contributed by atoms with Crippen LogP contribution in [0.3, 0.4) is 0 Å². The maximum Gasteiger partial charge on any atom is 0.236 e. The number of sulfonamides is 1. The standard InChI is InChI=1S/C20H28N2O3S/c1-4-17-7-13-20(14-8-17)25-15-16-26(23,24)21-18-9-11-19(12-10-18)22(5-2)6-3/h7-14,21H,4-6,15-16H2,1-3H3. The number of hydrogen-bond donors (Lipinski definition) is 1. The third kappa shape index (κ3) is 5.95. The van der Waals surface area contributed by atoms with Gasteiger partial charge in [0.25, 0.3) is 0 Å². The second kappa shape index (κ2) is 9.48. The van der Waals surface area contributed by atoms with E-state index in [0.29, 0.717) is 11.4 Å². The summed E-state index contributed by atoms with van der Waals surface area (Å²) in [5, 5.41) is 0. The molecule has 0 saturated heterocycles. The van der Waals surface area contributed by atoms with Crippen LogP contribution in [0.4, 0.5) is 11.4 Å². The van der Waals surface area contributed by atoms with Gasteiger partial charge < -0.3 is 9.64 Å². The molecule has 0 bridgehead atoms. The van der Waals surface area contributed by atoms with Crippen molar-refractivity contribution in [3.63, 3.8) is 0 Å². The molecule has 2 aromatic carbocycles. The normalized spacial score (nSPS) is 11.2. The number of aryl methyl sites for hydroxylation is 1. The Bertz CT molecular complexity index is 768. The van der Waals surface area contributed by atoms with E-state index < -0.39 is 10.0 Å². The topological polar surface area (TPSA) is 58.6 Å². The molecule has 142 valence electrons. The smallest absolute Gasteiger partial charge is 0.236 e. The number of nitrogens with zero attached hydrogens (tertiary/aromatic N) is 1. The van der Waals surface area contributed by atoms with E-state index in [1.807, 2.05) is 36.4 Å². The van der Waals surface area contributed by atoms with E-state index in [9.17, 15) is 8.42 Å². The average molecular weight is 377 g/mol. The van der Waals surface area contributed by atoms with Crippen molar-refractivity contribution in [1.29, 1.82) is 0 Å². The van der Waals surface area contributed by atoms with E-state index in [1.54, 1.807) is 12.1 Å². The Morgan fingerprint density at radius 3 is 2.08 bits per heavy atom. The first kappa shape index (κ1) is 20.1. The molecule has 2 rings (SSSR count). The first-order chi connectivity index (χ1) is 12.5. The van der Waals surface area contributed by atoms with Gasteiger partial charge in [0.2, 0.25) is 10.0 Å². The predicted molar refractivity (Wildman–Crippen MR) is 109 cm³/mol. The van der Waals surface area contributed by atoms with Gasteiger partial charge in [-0.3, -0.25) is 4.72 Å². The molecule has 2 aromatic rings. The lowest BCUT2D eigenvalue weighted by atomic mass is 10.2. The highest BCUT2D eigenvalue weighted by atomic mass is 32.2. The van der Waals surface area contributed by atoms with Crippen LogP contribution in [0.25, 0.3) is 0 Å². The molecule has 0 heterocycles. The summed E-state index contributed by atoms with van der Waals surface area (Å²) in [7, 11) is -3.45. The molecule has 0 radical (unpaired) electrons. The highest BCUT2D eigenvalue weighted by Gasteiger charge is 2.11. The molecular weight excluding hydrogens is 348 g/mol. The predicted octanol–water partition coefficient (Wildman–Crippen LogP) is 3.92. The van der Waals surface area contributed by atoms with Crippen molar-refractivity contribution in [2.24, 2.45) is 0 Å². The third-order valence-corrected chi connectivity index (χ3v) is 5.47. The summed E-state index contributed by atoms with van der Waals surface area (Å²) in [4.78, 5) is 2.20. The summed E-state index contributed by atoms with van der Waals surface area (Å²) in [5.74, 6) is 0.585. The summed E-state index contributed by atoms with van der Waals surface area (Å²) in [6.45, 7) is 8.21. The Balaban J connectivity index is 1.87. The second-order valence-electron chi connectivity index (χ2n) is 5.99. The van der Waals surface area contributed by atoms with Crippen LogP contribution in [0.15, 0.2) is 48.5 Å². The minimum absolute atomic E-state index is 0.0969. The Labute approximate surface area is 157 Å². The van der Waals surface area contributed by atoms with E-state index in [-0.39, 0.29) is 12.4 Å². The maximum absolute atomic E-state index is 12.2. The van der Waals surface area contributed by atoms with Crippen LogP contribution in [0.2, 0.25) is 0 Å². The van der Waals surface area contributed by atoms with E-state index in [2.05, 4.69) is 30.4 Å². The summed E-state index contributed by atoms with van der Waals surface area (Å²) in [5.41, 5.74) is 2.87. The molecule has 0 aliphatic carbocycles. The quantitative estimate of drug-likeness (QED) is 0.683. The number of nitrogens with one attached hydrogen (secondary N) is 1. The summed E-state index contributed by atoms with van der Waals surface area (Å²) >= 11 is 0. The average Bonchev–Trinajstić information content (AvgIpc) is 2.64. The van der Waals surface area contributed by atoms with Crippen LogP contribution in [0, 0.1) is 0 Å². The number of hydrogen-bond acceptors (Lipinski definition) is 4. The summed E-state index contributed by atoms with van der Waals surface area (Å²) in [6, 6.07) is 15.1. The van der Waals surface area contributed by atoms with Gasteiger partial charge in [-0.25, -0.2) is 8.42 Å². The maximum atomic E-state index is 12.2. The van der Waals surface area contributed by atoms with Crippen molar-refractivity contribution in [2.75, 3.05) is 35.1 Å². The van der Waals surface area contributed by atoms with Gasteiger partial charge in [-0.15, -0.1) is 0 Å². The minimum atomic E-state index is -3.45. The molecule has 0 unspecified atom stereocenters. The molecule has 0 aliphatic rings. The number of ether oxygens (including phenoxy) is 1. The first-order valence-electron chi connectivity index (χ1n) is 9.04. The van der Waals surface area contributed by atoms with Crippen molar-refractivity contribution in [3.8, 4) is 5.75 Å². The van der Waals surface area contributed by atoms with Crippen molar-refractivity contribution >= 4 is 21.4 Å². The minimum Gasteiger partial charge on any atom is -0.492 e. The van der Waals surface area contributed by atoms with Gasteiger partial charge in [-0.05, 0) is 62.2 Å². The molecular formula is C20H28N2O3S. The Kier molecular flexibility index (Phi) is 7.33. The fourth-order valence-electron chi connectivity index (χ4n) is 2.65. The van der Waals surface area contributed by atoms with E-state index in [0.717, 1.165) is 25.2 Å². The molecule has 0 amide bonds. The SMILES string of the molecule is CCc1ccc(OCCS(=O)(=O)Nc2ccc(N(CC)CC)cc2)cc1. The third-order valence-electron chi connectivity index (χ3n) is 4.22. The lowest BCUT2D eigenvalue weighted by Gasteiger charge is -2.21. The lowest BCUT2D eigenvalue weighted by molar-refractivity contribution is 0.341. The second-order valence-corrected chi connectivity index (χ2v) is 7.83. The molecule has 26 heavy (non-hydrogen) atoms. The molecule has 1 N–H and O–H groups in total. The largest absolute Gasteiger partial charge is 0.492 e. The number of rotatable bonds is 10. The molecule has 0 aromatic heterocycles. The first-order valence-corrected chi connectivity index (χ1v) is 10.7. The van der Waals surface area contributed by atoms with E-state index in [1.165, 1.54) is 5.56 Å². The summed E-state index contributed by atoms with van der Waals surface area (Å²) < 4.78 is 32.6. The monoisotopic (exact) mass is 376 g/mol.